The number of nitrogens with zero attached hydrogens (tertiary/aromatic N) is 1. The van der Waals surface area contributed by atoms with Crippen molar-refractivity contribution in [3.8, 4) is 0 Å². The standard InChI is InChI=1S/C14H29N3O2/c1-4-5-6-9-17(11(2)3)10-12-7-8-13(19-12)14(18)16-15/h11-13H,4-10,15H2,1-3H3,(H,16,18). The quantitative estimate of drug-likeness (QED) is 0.303. The van der Waals surface area contributed by atoms with E-state index in [4.69, 9.17) is 10.6 Å². The van der Waals surface area contributed by atoms with E-state index in [1.165, 1.54) is 19.3 Å². The largest absolute Gasteiger partial charge is 0.364 e. The second-order valence-electron chi connectivity index (χ2n) is 5.63. The fourth-order valence-corrected chi connectivity index (χ4v) is 2.51. The average molecular weight is 271 g/mol. The lowest BCUT2D eigenvalue weighted by Crippen LogP contribution is -2.41. The summed E-state index contributed by atoms with van der Waals surface area (Å²) in [6, 6.07) is 0.517. The molecule has 0 aromatic rings. The molecule has 1 fully saturated rings. The molecule has 1 amide bonds. The Morgan fingerprint density at radius 1 is 1.42 bits per heavy atom. The molecular weight excluding hydrogens is 242 g/mol. The molecule has 112 valence electrons. The maximum absolute atomic E-state index is 11.4. The summed E-state index contributed by atoms with van der Waals surface area (Å²) in [7, 11) is 0. The molecule has 0 aliphatic carbocycles. The molecule has 5 heteroatoms. The first-order chi connectivity index (χ1) is 9.08. The Morgan fingerprint density at radius 3 is 2.74 bits per heavy atom. The summed E-state index contributed by atoms with van der Waals surface area (Å²) < 4.78 is 5.77. The highest BCUT2D eigenvalue weighted by Crippen LogP contribution is 2.21. The smallest absolute Gasteiger partial charge is 0.263 e. The first-order valence-electron chi connectivity index (χ1n) is 7.48. The Hall–Kier alpha value is -0.650. The van der Waals surface area contributed by atoms with Gasteiger partial charge in [-0.25, -0.2) is 5.84 Å². The Bertz CT molecular complexity index is 271. The molecular formula is C14H29N3O2. The van der Waals surface area contributed by atoms with Crippen LogP contribution in [0.5, 0.6) is 0 Å². The summed E-state index contributed by atoms with van der Waals surface area (Å²) in [6.45, 7) is 8.67. The zero-order valence-corrected chi connectivity index (χ0v) is 12.5. The maximum Gasteiger partial charge on any atom is 0.263 e. The lowest BCUT2D eigenvalue weighted by Gasteiger charge is -2.29. The summed E-state index contributed by atoms with van der Waals surface area (Å²) >= 11 is 0. The second kappa shape index (κ2) is 8.51. The van der Waals surface area contributed by atoms with Gasteiger partial charge in [0.15, 0.2) is 0 Å². The Morgan fingerprint density at radius 2 is 2.16 bits per heavy atom. The molecule has 2 unspecified atom stereocenters. The van der Waals surface area contributed by atoms with Gasteiger partial charge in [-0.05, 0) is 39.7 Å². The fraction of sp³-hybridized carbons (Fsp3) is 0.929. The maximum atomic E-state index is 11.4. The first kappa shape index (κ1) is 16.4. The van der Waals surface area contributed by atoms with E-state index < -0.39 is 0 Å². The number of nitrogens with one attached hydrogen (secondary N) is 1. The van der Waals surface area contributed by atoms with Crippen LogP contribution in [0.2, 0.25) is 0 Å². The molecule has 3 N–H and O–H groups in total. The van der Waals surface area contributed by atoms with E-state index in [1.54, 1.807) is 0 Å². The van der Waals surface area contributed by atoms with Gasteiger partial charge in [-0.1, -0.05) is 19.8 Å². The molecule has 0 saturated carbocycles. The van der Waals surface area contributed by atoms with Crippen LogP contribution >= 0.6 is 0 Å². The lowest BCUT2D eigenvalue weighted by atomic mass is 10.1. The van der Waals surface area contributed by atoms with Crippen molar-refractivity contribution in [1.82, 2.24) is 10.3 Å². The molecule has 1 rings (SSSR count). The van der Waals surface area contributed by atoms with Gasteiger partial charge in [0.25, 0.3) is 5.91 Å². The number of hydrazine groups is 1. The van der Waals surface area contributed by atoms with Gasteiger partial charge < -0.3 is 4.74 Å². The van der Waals surface area contributed by atoms with E-state index in [0.717, 1.165) is 25.9 Å². The molecule has 1 aliphatic heterocycles. The van der Waals surface area contributed by atoms with Gasteiger partial charge in [0.05, 0.1) is 6.10 Å². The highest BCUT2D eigenvalue weighted by molar-refractivity contribution is 5.80. The topological polar surface area (TPSA) is 67.6 Å². The summed E-state index contributed by atoms with van der Waals surface area (Å²) in [5.74, 6) is 4.93. The summed E-state index contributed by atoms with van der Waals surface area (Å²) in [4.78, 5) is 13.9. The van der Waals surface area contributed by atoms with Crippen molar-refractivity contribution in [3.63, 3.8) is 0 Å². The number of unbranched alkanes of at least 4 members (excludes halogenated alkanes) is 2. The molecule has 0 radical (unpaired) electrons. The number of rotatable bonds is 8. The van der Waals surface area contributed by atoms with Crippen LogP contribution in [-0.4, -0.2) is 42.1 Å². The Kier molecular flexibility index (Phi) is 7.34. The number of nitrogens with two attached hydrogens (primary N) is 1. The van der Waals surface area contributed by atoms with E-state index in [9.17, 15) is 4.79 Å². The third-order valence-electron chi connectivity index (χ3n) is 3.76. The molecule has 5 nitrogen and oxygen atoms in total. The van der Waals surface area contributed by atoms with Crippen LogP contribution in [0.25, 0.3) is 0 Å². The van der Waals surface area contributed by atoms with Gasteiger partial charge in [-0.2, -0.15) is 0 Å². The van der Waals surface area contributed by atoms with Crippen LogP contribution in [0.1, 0.15) is 52.9 Å². The number of amides is 1. The molecule has 0 bridgehead atoms. The van der Waals surface area contributed by atoms with Crippen LogP contribution < -0.4 is 11.3 Å². The Balaban J connectivity index is 2.36. The SMILES string of the molecule is CCCCCN(CC1CCC(C(=O)NN)O1)C(C)C. The summed E-state index contributed by atoms with van der Waals surface area (Å²) in [6.07, 6.45) is 5.25. The van der Waals surface area contributed by atoms with E-state index in [2.05, 4.69) is 31.1 Å². The monoisotopic (exact) mass is 271 g/mol. The molecule has 0 aromatic heterocycles. The van der Waals surface area contributed by atoms with Crippen LogP contribution in [0.3, 0.4) is 0 Å². The minimum atomic E-state index is -0.361. The molecule has 19 heavy (non-hydrogen) atoms. The molecule has 2 atom stereocenters. The average Bonchev–Trinajstić information content (AvgIpc) is 2.85. The first-order valence-corrected chi connectivity index (χ1v) is 7.48. The zero-order valence-electron chi connectivity index (χ0n) is 12.5. The van der Waals surface area contributed by atoms with Crippen molar-refractivity contribution in [2.75, 3.05) is 13.1 Å². The van der Waals surface area contributed by atoms with Crippen molar-refractivity contribution >= 4 is 5.91 Å². The second-order valence-corrected chi connectivity index (χ2v) is 5.63. The van der Waals surface area contributed by atoms with E-state index in [1.807, 2.05) is 0 Å². The number of hydrogen-bond acceptors (Lipinski definition) is 4. The van der Waals surface area contributed by atoms with Crippen molar-refractivity contribution in [2.24, 2.45) is 5.84 Å². The lowest BCUT2D eigenvalue weighted by molar-refractivity contribution is -0.132. The normalized spacial score (nSPS) is 23.3. The minimum Gasteiger partial charge on any atom is -0.364 e. The van der Waals surface area contributed by atoms with Crippen LogP contribution in [0.15, 0.2) is 0 Å². The third kappa shape index (κ3) is 5.47. The van der Waals surface area contributed by atoms with Crippen LogP contribution in [-0.2, 0) is 9.53 Å². The number of ether oxygens (including phenoxy) is 1. The number of hydrogen-bond donors (Lipinski definition) is 2. The predicted octanol–water partition coefficient (Wildman–Crippen LogP) is 1.42. The summed E-state index contributed by atoms with van der Waals surface area (Å²) in [5, 5.41) is 0. The molecule has 1 heterocycles. The van der Waals surface area contributed by atoms with Crippen molar-refractivity contribution in [2.45, 2.75) is 71.1 Å². The van der Waals surface area contributed by atoms with Crippen LogP contribution in [0.4, 0.5) is 0 Å². The van der Waals surface area contributed by atoms with Crippen molar-refractivity contribution in [3.05, 3.63) is 0 Å². The van der Waals surface area contributed by atoms with E-state index in [-0.39, 0.29) is 18.1 Å². The minimum absolute atomic E-state index is 0.159. The van der Waals surface area contributed by atoms with Gasteiger partial charge in [0, 0.05) is 12.6 Å². The molecule has 0 spiro atoms. The highest BCUT2D eigenvalue weighted by Gasteiger charge is 2.31. The number of carbonyl (C=O) groups is 1. The molecule has 0 aromatic carbocycles. The molecule has 1 aliphatic rings. The van der Waals surface area contributed by atoms with E-state index in [0.29, 0.717) is 6.04 Å². The van der Waals surface area contributed by atoms with Crippen molar-refractivity contribution in [1.29, 1.82) is 0 Å². The predicted molar refractivity (Wildman–Crippen MR) is 76.5 cm³/mol. The van der Waals surface area contributed by atoms with Gasteiger partial charge >= 0.3 is 0 Å². The van der Waals surface area contributed by atoms with Gasteiger partial charge in [-0.3, -0.25) is 15.1 Å². The molecule has 1 saturated heterocycles. The summed E-state index contributed by atoms with van der Waals surface area (Å²) in [5.41, 5.74) is 2.17. The highest BCUT2D eigenvalue weighted by atomic mass is 16.5. The van der Waals surface area contributed by atoms with Gasteiger partial charge in [-0.15, -0.1) is 0 Å². The van der Waals surface area contributed by atoms with Gasteiger partial charge in [0.2, 0.25) is 0 Å². The van der Waals surface area contributed by atoms with Gasteiger partial charge in [0.1, 0.15) is 6.10 Å². The fourth-order valence-electron chi connectivity index (χ4n) is 2.51. The van der Waals surface area contributed by atoms with E-state index >= 15 is 0 Å². The zero-order chi connectivity index (χ0) is 14.3. The van der Waals surface area contributed by atoms with Crippen LogP contribution in [0, 0.1) is 0 Å². The Labute approximate surface area is 116 Å². The van der Waals surface area contributed by atoms with Crippen molar-refractivity contribution < 1.29 is 9.53 Å². The number of carbonyl (C=O) groups excluding carboxylic acids is 1. The third-order valence-corrected chi connectivity index (χ3v) is 3.76.